The molecule has 2 radical (unpaired) electrons. The predicted molar refractivity (Wildman–Crippen MR) is 34.0 cm³/mol. The maximum absolute atomic E-state index is 9.48. The van der Waals surface area contributed by atoms with Crippen molar-refractivity contribution in [2.24, 2.45) is 4.99 Å². The number of hydrogen-bond donors (Lipinski definition) is 0. The number of isocyanates is 1. The standard InChI is InChI=1S/C5H9NOSi/c1-8-4-2-3-6-5-7/h2-4H2,1H3. The Morgan fingerprint density at radius 2 is 2.50 bits per heavy atom. The molecule has 0 aliphatic rings. The number of aliphatic imine (C=N–C) groups is 1. The van der Waals surface area contributed by atoms with E-state index < -0.39 is 0 Å². The normalized spacial score (nSPS) is 8.12. The zero-order valence-electron chi connectivity index (χ0n) is 4.98. The molecule has 3 heteroatoms. The SMILES string of the molecule is C[Si]CCCN=C=O. The number of rotatable bonds is 4. The molecule has 0 heterocycles. The van der Waals surface area contributed by atoms with Crippen LogP contribution in [0, 0.1) is 0 Å². The van der Waals surface area contributed by atoms with Crippen LogP contribution in [0.5, 0.6) is 0 Å². The molecule has 0 N–H and O–H groups in total. The van der Waals surface area contributed by atoms with Crippen LogP contribution in [0.2, 0.25) is 12.6 Å². The van der Waals surface area contributed by atoms with Crippen LogP contribution < -0.4 is 0 Å². The summed E-state index contributed by atoms with van der Waals surface area (Å²) in [5.74, 6) is 0. The van der Waals surface area contributed by atoms with Gasteiger partial charge < -0.3 is 0 Å². The highest BCUT2D eigenvalue weighted by atomic mass is 28.2. The van der Waals surface area contributed by atoms with E-state index in [1.54, 1.807) is 0 Å². The van der Waals surface area contributed by atoms with Crippen LogP contribution in [0.4, 0.5) is 0 Å². The Morgan fingerprint density at radius 1 is 1.75 bits per heavy atom. The fourth-order valence-corrected chi connectivity index (χ4v) is 0.892. The molecule has 0 unspecified atom stereocenters. The Balaban J connectivity index is 2.82. The number of hydrogen-bond acceptors (Lipinski definition) is 2. The molecule has 0 amide bonds. The molecule has 0 aromatic rings. The lowest BCUT2D eigenvalue weighted by Gasteiger charge is -1.85. The summed E-state index contributed by atoms with van der Waals surface area (Å²) in [6.45, 7) is 2.80. The molecule has 0 atom stereocenters. The molecule has 0 spiro atoms. The summed E-state index contributed by atoms with van der Waals surface area (Å²) < 4.78 is 0. The molecule has 44 valence electrons. The lowest BCUT2D eigenvalue weighted by molar-refractivity contribution is 0.562. The van der Waals surface area contributed by atoms with E-state index in [2.05, 4.69) is 11.5 Å². The maximum Gasteiger partial charge on any atom is 0.234 e. The van der Waals surface area contributed by atoms with Crippen molar-refractivity contribution in [3.63, 3.8) is 0 Å². The fourth-order valence-electron chi connectivity index (χ4n) is 0.381. The molecule has 0 aliphatic carbocycles. The minimum atomic E-state index is 0.657. The lowest BCUT2D eigenvalue weighted by Crippen LogP contribution is -1.83. The van der Waals surface area contributed by atoms with Crippen LogP contribution in [0.3, 0.4) is 0 Å². The Kier molecular flexibility index (Phi) is 6.26. The molecule has 0 saturated carbocycles. The number of nitrogens with zero attached hydrogens (tertiary/aromatic N) is 1. The van der Waals surface area contributed by atoms with E-state index in [0.29, 0.717) is 6.54 Å². The second-order valence-corrected chi connectivity index (χ2v) is 2.64. The molecule has 0 rings (SSSR count). The first-order valence-corrected chi connectivity index (χ1v) is 4.30. The summed E-state index contributed by atoms with van der Waals surface area (Å²) in [7, 11) is 0.979. The molecule has 0 aliphatic heterocycles. The average molecular weight is 127 g/mol. The second kappa shape index (κ2) is 6.60. The predicted octanol–water partition coefficient (Wildman–Crippen LogP) is 0.883. The van der Waals surface area contributed by atoms with E-state index in [4.69, 9.17) is 0 Å². The van der Waals surface area contributed by atoms with Crippen LogP contribution >= 0.6 is 0 Å². The van der Waals surface area contributed by atoms with Gasteiger partial charge in [0, 0.05) is 9.52 Å². The van der Waals surface area contributed by atoms with E-state index >= 15 is 0 Å². The first-order valence-electron chi connectivity index (χ1n) is 2.60. The quantitative estimate of drug-likeness (QED) is 0.238. The topological polar surface area (TPSA) is 29.4 Å². The Hall–Kier alpha value is -0.403. The summed E-state index contributed by atoms with van der Waals surface area (Å²) >= 11 is 0. The summed E-state index contributed by atoms with van der Waals surface area (Å²) in [6.07, 6.45) is 2.54. The highest BCUT2D eigenvalue weighted by Gasteiger charge is 1.80. The van der Waals surface area contributed by atoms with Crippen LogP contribution in [0.25, 0.3) is 0 Å². The highest BCUT2D eigenvalue weighted by Crippen LogP contribution is 1.86. The van der Waals surface area contributed by atoms with Gasteiger partial charge in [-0.15, -0.1) is 0 Å². The van der Waals surface area contributed by atoms with E-state index in [1.807, 2.05) is 0 Å². The molecule has 0 aromatic heterocycles. The van der Waals surface area contributed by atoms with Crippen molar-refractivity contribution in [3.8, 4) is 0 Å². The third-order valence-electron chi connectivity index (χ3n) is 0.761. The van der Waals surface area contributed by atoms with Crippen LogP contribution in [-0.4, -0.2) is 22.1 Å². The van der Waals surface area contributed by atoms with Gasteiger partial charge in [0.1, 0.15) is 0 Å². The van der Waals surface area contributed by atoms with Crippen molar-refractivity contribution in [3.05, 3.63) is 0 Å². The minimum absolute atomic E-state index is 0.657. The first kappa shape index (κ1) is 7.60. The molecular weight excluding hydrogens is 118 g/mol. The van der Waals surface area contributed by atoms with Gasteiger partial charge in [0.15, 0.2) is 0 Å². The van der Waals surface area contributed by atoms with E-state index in [-0.39, 0.29) is 0 Å². The molecule has 0 bridgehead atoms. The van der Waals surface area contributed by atoms with Gasteiger partial charge in [0.25, 0.3) is 0 Å². The van der Waals surface area contributed by atoms with Gasteiger partial charge in [-0.25, -0.2) is 9.79 Å². The molecule has 0 aromatic carbocycles. The van der Waals surface area contributed by atoms with Gasteiger partial charge in [-0.2, -0.15) is 0 Å². The lowest BCUT2D eigenvalue weighted by atomic mass is 10.5. The summed E-state index contributed by atoms with van der Waals surface area (Å²) in [5.41, 5.74) is 0. The van der Waals surface area contributed by atoms with Crippen LogP contribution in [-0.2, 0) is 4.79 Å². The summed E-state index contributed by atoms with van der Waals surface area (Å²) in [5, 5.41) is 0. The van der Waals surface area contributed by atoms with Gasteiger partial charge in [0.2, 0.25) is 6.08 Å². The van der Waals surface area contributed by atoms with E-state index in [0.717, 1.165) is 15.9 Å². The fraction of sp³-hybridized carbons (Fsp3) is 0.800. The maximum atomic E-state index is 9.48. The first-order chi connectivity index (χ1) is 3.91. The van der Waals surface area contributed by atoms with Crippen LogP contribution in [0.15, 0.2) is 4.99 Å². The smallest absolute Gasteiger partial charge is 0.211 e. The Labute approximate surface area is 51.8 Å². The largest absolute Gasteiger partial charge is 0.234 e. The molecular formula is C5H9NOSi. The van der Waals surface area contributed by atoms with E-state index in [1.165, 1.54) is 12.1 Å². The van der Waals surface area contributed by atoms with Crippen molar-refractivity contribution in [2.45, 2.75) is 19.0 Å². The third kappa shape index (κ3) is 5.60. The van der Waals surface area contributed by atoms with Crippen molar-refractivity contribution >= 4 is 15.6 Å². The Bertz CT molecular complexity index is 88.4. The molecule has 2 nitrogen and oxygen atoms in total. The van der Waals surface area contributed by atoms with Gasteiger partial charge in [-0.1, -0.05) is 12.6 Å². The molecule has 0 fully saturated rings. The van der Waals surface area contributed by atoms with Crippen LogP contribution in [0.1, 0.15) is 6.42 Å². The van der Waals surface area contributed by atoms with Gasteiger partial charge in [0.05, 0.1) is 6.54 Å². The highest BCUT2D eigenvalue weighted by molar-refractivity contribution is 6.33. The summed E-state index contributed by atoms with van der Waals surface area (Å²) in [4.78, 5) is 12.9. The zero-order valence-corrected chi connectivity index (χ0v) is 5.98. The number of carbonyl (C=O) groups excluding carboxylic acids is 1. The molecule has 0 saturated heterocycles. The van der Waals surface area contributed by atoms with E-state index in [9.17, 15) is 4.79 Å². The van der Waals surface area contributed by atoms with Crippen molar-refractivity contribution in [1.29, 1.82) is 0 Å². The monoisotopic (exact) mass is 127 g/mol. The zero-order chi connectivity index (χ0) is 6.24. The van der Waals surface area contributed by atoms with Gasteiger partial charge in [-0.3, -0.25) is 0 Å². The Morgan fingerprint density at radius 3 is 3.00 bits per heavy atom. The summed E-state index contributed by atoms with van der Waals surface area (Å²) in [6, 6.07) is 1.19. The molecule has 8 heavy (non-hydrogen) atoms. The third-order valence-corrected chi connectivity index (χ3v) is 1.61. The minimum Gasteiger partial charge on any atom is -0.211 e. The second-order valence-electron chi connectivity index (χ2n) is 1.43. The van der Waals surface area contributed by atoms with Crippen molar-refractivity contribution < 1.29 is 4.79 Å². The average Bonchev–Trinajstić information content (AvgIpc) is 1.81. The van der Waals surface area contributed by atoms with Crippen molar-refractivity contribution in [1.82, 2.24) is 0 Å². The van der Waals surface area contributed by atoms with Gasteiger partial charge in [-0.05, 0) is 6.42 Å². The van der Waals surface area contributed by atoms with Gasteiger partial charge >= 0.3 is 0 Å². The van der Waals surface area contributed by atoms with Crippen molar-refractivity contribution in [2.75, 3.05) is 6.54 Å².